The number of carbonyl (C=O) groups is 1. The van der Waals surface area contributed by atoms with Crippen molar-refractivity contribution < 1.29 is 4.79 Å². The third kappa shape index (κ3) is 2.56. The molecular formula is C18H20N2O. The zero-order valence-electron chi connectivity index (χ0n) is 12.8. The number of fused-ring (bicyclic) bond motifs is 1. The molecule has 1 aliphatic rings. The molecule has 108 valence electrons. The first-order valence-corrected chi connectivity index (χ1v) is 7.37. The fraction of sp³-hybridized carbons (Fsp3) is 0.333. The van der Waals surface area contributed by atoms with Crippen molar-refractivity contribution in [2.45, 2.75) is 33.6 Å². The van der Waals surface area contributed by atoms with E-state index in [1.807, 2.05) is 24.0 Å². The molecule has 0 N–H and O–H groups in total. The van der Waals surface area contributed by atoms with Gasteiger partial charge in [-0.3, -0.25) is 9.78 Å². The predicted molar refractivity (Wildman–Crippen MR) is 84.7 cm³/mol. The van der Waals surface area contributed by atoms with Crippen molar-refractivity contribution in [1.82, 2.24) is 4.98 Å². The first-order chi connectivity index (χ1) is 10.1. The van der Waals surface area contributed by atoms with E-state index in [-0.39, 0.29) is 5.91 Å². The van der Waals surface area contributed by atoms with Crippen LogP contribution in [0.5, 0.6) is 0 Å². The lowest BCUT2D eigenvalue weighted by atomic mass is 10.0. The van der Waals surface area contributed by atoms with Crippen LogP contribution in [-0.4, -0.2) is 17.4 Å². The summed E-state index contributed by atoms with van der Waals surface area (Å²) in [6, 6.07) is 8.23. The van der Waals surface area contributed by atoms with Crippen molar-refractivity contribution >= 4 is 11.6 Å². The fourth-order valence-corrected chi connectivity index (χ4v) is 3.18. The van der Waals surface area contributed by atoms with E-state index in [0.29, 0.717) is 6.42 Å². The lowest BCUT2D eigenvalue weighted by Crippen LogP contribution is -2.31. The summed E-state index contributed by atoms with van der Waals surface area (Å²) < 4.78 is 0. The average Bonchev–Trinajstić information content (AvgIpc) is 2.85. The number of nitrogens with zero attached hydrogens (tertiary/aromatic N) is 2. The lowest BCUT2D eigenvalue weighted by Gasteiger charge is -2.20. The number of hydrogen-bond acceptors (Lipinski definition) is 2. The van der Waals surface area contributed by atoms with Crippen LogP contribution in [0.4, 0.5) is 5.69 Å². The van der Waals surface area contributed by atoms with Crippen LogP contribution in [0.1, 0.15) is 27.9 Å². The highest BCUT2D eigenvalue weighted by atomic mass is 16.2. The maximum Gasteiger partial charge on any atom is 0.231 e. The van der Waals surface area contributed by atoms with Gasteiger partial charge in [0.2, 0.25) is 5.91 Å². The Morgan fingerprint density at radius 3 is 2.86 bits per heavy atom. The Bertz CT molecular complexity index is 706. The highest BCUT2D eigenvalue weighted by molar-refractivity contribution is 5.97. The molecule has 0 radical (unpaired) electrons. The van der Waals surface area contributed by atoms with Crippen molar-refractivity contribution in [2.75, 3.05) is 11.4 Å². The SMILES string of the molecule is Cc1cc(C)c2c(c1)CCN2C(=O)Cc1cccnc1C. The monoisotopic (exact) mass is 280 g/mol. The normalized spacial score (nSPS) is 13.4. The van der Waals surface area contributed by atoms with Gasteiger partial charge >= 0.3 is 0 Å². The van der Waals surface area contributed by atoms with E-state index in [0.717, 1.165) is 29.9 Å². The van der Waals surface area contributed by atoms with Gasteiger partial charge in [0.25, 0.3) is 0 Å². The summed E-state index contributed by atoms with van der Waals surface area (Å²) in [6.07, 6.45) is 3.14. The van der Waals surface area contributed by atoms with Crippen molar-refractivity contribution in [1.29, 1.82) is 0 Å². The Morgan fingerprint density at radius 2 is 2.10 bits per heavy atom. The smallest absolute Gasteiger partial charge is 0.231 e. The number of pyridine rings is 1. The topological polar surface area (TPSA) is 33.2 Å². The number of rotatable bonds is 2. The molecule has 0 spiro atoms. The van der Waals surface area contributed by atoms with Gasteiger partial charge < -0.3 is 4.90 Å². The van der Waals surface area contributed by atoms with Crippen LogP contribution in [0.15, 0.2) is 30.5 Å². The predicted octanol–water partition coefficient (Wildman–Crippen LogP) is 3.14. The van der Waals surface area contributed by atoms with Crippen LogP contribution in [0.25, 0.3) is 0 Å². The largest absolute Gasteiger partial charge is 0.311 e. The summed E-state index contributed by atoms with van der Waals surface area (Å²) in [5, 5.41) is 0. The van der Waals surface area contributed by atoms with E-state index in [4.69, 9.17) is 0 Å². The Labute approximate surface area is 125 Å². The van der Waals surface area contributed by atoms with E-state index >= 15 is 0 Å². The zero-order chi connectivity index (χ0) is 15.0. The van der Waals surface area contributed by atoms with E-state index in [1.54, 1.807) is 6.20 Å². The van der Waals surface area contributed by atoms with Crippen LogP contribution in [0.2, 0.25) is 0 Å². The van der Waals surface area contributed by atoms with E-state index in [1.165, 1.54) is 16.7 Å². The number of aryl methyl sites for hydroxylation is 3. The van der Waals surface area contributed by atoms with Crippen LogP contribution < -0.4 is 4.90 Å². The van der Waals surface area contributed by atoms with Crippen LogP contribution in [0, 0.1) is 20.8 Å². The molecule has 0 atom stereocenters. The van der Waals surface area contributed by atoms with Gasteiger partial charge in [-0.15, -0.1) is 0 Å². The van der Waals surface area contributed by atoms with Gasteiger partial charge in [-0.25, -0.2) is 0 Å². The molecule has 3 rings (SSSR count). The van der Waals surface area contributed by atoms with Crippen LogP contribution in [-0.2, 0) is 17.6 Å². The molecule has 2 heterocycles. The molecule has 3 heteroatoms. The Kier molecular flexibility index (Phi) is 3.50. The second-order valence-electron chi connectivity index (χ2n) is 5.81. The molecule has 1 amide bonds. The van der Waals surface area contributed by atoms with E-state index in [2.05, 4.69) is 31.0 Å². The number of amides is 1. The van der Waals surface area contributed by atoms with Gasteiger partial charge in [-0.05, 0) is 49.9 Å². The van der Waals surface area contributed by atoms with Crippen molar-refractivity contribution in [2.24, 2.45) is 0 Å². The minimum absolute atomic E-state index is 0.164. The molecule has 1 aromatic heterocycles. The van der Waals surface area contributed by atoms with Gasteiger partial charge in [-0.1, -0.05) is 23.8 Å². The summed E-state index contributed by atoms with van der Waals surface area (Å²) in [6.45, 7) is 6.94. The van der Waals surface area contributed by atoms with Gasteiger partial charge in [0.15, 0.2) is 0 Å². The standard InChI is InChI=1S/C18H20N2O/c1-12-9-13(2)18-16(10-12)6-8-20(18)17(21)11-15-5-4-7-19-14(15)3/h4-5,7,9-10H,6,8,11H2,1-3H3. The molecule has 0 unspecified atom stereocenters. The number of aromatic nitrogens is 1. The molecule has 0 fully saturated rings. The first-order valence-electron chi connectivity index (χ1n) is 7.37. The molecule has 0 aliphatic carbocycles. The van der Waals surface area contributed by atoms with E-state index < -0.39 is 0 Å². The molecule has 1 aliphatic heterocycles. The number of benzene rings is 1. The lowest BCUT2D eigenvalue weighted by molar-refractivity contribution is -0.117. The highest BCUT2D eigenvalue weighted by Gasteiger charge is 2.26. The third-order valence-corrected chi connectivity index (χ3v) is 4.16. The fourth-order valence-electron chi connectivity index (χ4n) is 3.18. The summed E-state index contributed by atoms with van der Waals surface area (Å²) in [7, 11) is 0. The summed E-state index contributed by atoms with van der Waals surface area (Å²) in [5.74, 6) is 0.164. The van der Waals surface area contributed by atoms with Gasteiger partial charge in [0.1, 0.15) is 0 Å². The quantitative estimate of drug-likeness (QED) is 0.846. The summed E-state index contributed by atoms with van der Waals surface area (Å²) in [5.41, 5.74) is 6.82. The van der Waals surface area contributed by atoms with Gasteiger partial charge in [0, 0.05) is 24.1 Å². The van der Waals surface area contributed by atoms with Crippen LogP contribution in [0.3, 0.4) is 0 Å². The minimum Gasteiger partial charge on any atom is -0.311 e. The number of carbonyl (C=O) groups excluding carboxylic acids is 1. The molecule has 1 aromatic carbocycles. The second kappa shape index (κ2) is 5.32. The minimum atomic E-state index is 0.164. The van der Waals surface area contributed by atoms with Gasteiger partial charge in [-0.2, -0.15) is 0 Å². The second-order valence-corrected chi connectivity index (χ2v) is 5.81. The molecule has 2 aromatic rings. The Balaban J connectivity index is 1.88. The van der Waals surface area contributed by atoms with Crippen molar-refractivity contribution in [3.63, 3.8) is 0 Å². The summed E-state index contributed by atoms with van der Waals surface area (Å²) in [4.78, 5) is 18.9. The first kappa shape index (κ1) is 13.8. The molecule has 0 bridgehead atoms. The highest BCUT2D eigenvalue weighted by Crippen LogP contribution is 2.33. The van der Waals surface area contributed by atoms with Gasteiger partial charge in [0.05, 0.1) is 6.42 Å². The molecule has 21 heavy (non-hydrogen) atoms. The zero-order valence-corrected chi connectivity index (χ0v) is 12.8. The molecular weight excluding hydrogens is 260 g/mol. The van der Waals surface area contributed by atoms with Crippen molar-refractivity contribution in [3.8, 4) is 0 Å². The molecule has 3 nitrogen and oxygen atoms in total. The summed E-state index contributed by atoms with van der Waals surface area (Å²) >= 11 is 0. The van der Waals surface area contributed by atoms with Crippen molar-refractivity contribution in [3.05, 3.63) is 58.4 Å². The Hall–Kier alpha value is -2.16. The van der Waals surface area contributed by atoms with Crippen LogP contribution >= 0.6 is 0 Å². The Morgan fingerprint density at radius 1 is 1.29 bits per heavy atom. The molecule has 0 saturated carbocycles. The number of anilines is 1. The third-order valence-electron chi connectivity index (χ3n) is 4.16. The maximum absolute atomic E-state index is 12.7. The average molecular weight is 280 g/mol. The maximum atomic E-state index is 12.7. The number of hydrogen-bond donors (Lipinski definition) is 0. The van der Waals surface area contributed by atoms with E-state index in [9.17, 15) is 4.79 Å². The molecule has 0 saturated heterocycles.